The van der Waals surface area contributed by atoms with Crippen LogP contribution in [0.15, 0.2) is 53.2 Å². The zero-order chi connectivity index (χ0) is 50.1. The normalized spacial score (nSPS) is 30.0. The van der Waals surface area contributed by atoms with E-state index in [1.54, 1.807) is 12.1 Å². The number of likely N-dealkylation sites (N-methyl/N-ethyl adjacent to an activating group) is 1. The number of nitrogens with zero attached hydrogens (tertiary/aromatic N) is 6. The molecule has 8 atom stereocenters. The molecule has 6 bridgehead atoms. The molecule has 4 saturated heterocycles. The summed E-state index contributed by atoms with van der Waals surface area (Å²) in [6, 6.07) is 13.7. The Bertz CT molecular complexity index is 2660. The van der Waals surface area contributed by atoms with Crippen molar-refractivity contribution in [2.24, 2.45) is 27.7 Å². The molecular weight excluding hydrogens is 905 g/mol. The third-order valence-corrected chi connectivity index (χ3v) is 18.1. The van der Waals surface area contributed by atoms with E-state index in [-0.39, 0.29) is 60.3 Å². The molecule has 2 N–H and O–H groups in total. The first-order chi connectivity index (χ1) is 34.7. The maximum Gasteiger partial charge on any atom is 0.324 e. The number of hydrazine groups is 1. The topological polar surface area (TPSA) is 141 Å². The molecule has 11 rings (SSSR count). The van der Waals surface area contributed by atoms with E-state index in [0.717, 1.165) is 117 Å². The van der Waals surface area contributed by atoms with E-state index in [1.807, 2.05) is 6.21 Å². The summed E-state index contributed by atoms with van der Waals surface area (Å²) in [5, 5.41) is 6.12. The number of carbonyl (C=O) groups is 4. The number of benzene rings is 2. The van der Waals surface area contributed by atoms with Crippen LogP contribution in [0, 0.1) is 22.7 Å². The summed E-state index contributed by atoms with van der Waals surface area (Å²) in [5.74, 6) is 0.433. The Kier molecular flexibility index (Phi) is 13.5. The second-order valence-corrected chi connectivity index (χ2v) is 23.8. The summed E-state index contributed by atoms with van der Waals surface area (Å²) in [4.78, 5) is 70.0. The number of nitrogens with one attached hydrogen (secondary N) is 2. The summed E-state index contributed by atoms with van der Waals surface area (Å²) < 4.78 is 14.6. The molecule has 14 nitrogen and oxygen atoms in total. The molecule has 1 aromatic heterocycles. The number of cyclic esters (lactones) is 1. The molecule has 386 valence electrons. The van der Waals surface area contributed by atoms with E-state index in [2.05, 4.69) is 107 Å². The van der Waals surface area contributed by atoms with Gasteiger partial charge >= 0.3 is 5.97 Å². The number of rotatable bonds is 10. The molecule has 1 spiro atoms. The van der Waals surface area contributed by atoms with Gasteiger partial charge in [-0.15, -0.1) is 0 Å². The second kappa shape index (κ2) is 19.8. The van der Waals surface area contributed by atoms with Gasteiger partial charge in [0.05, 0.1) is 30.1 Å². The first-order valence-corrected chi connectivity index (χ1v) is 27.6. The number of carbonyl (C=O) groups excluding carboxylic acids is 4. The number of esters is 1. The highest BCUT2D eigenvalue weighted by atomic mass is 16.5. The highest BCUT2D eigenvalue weighted by Gasteiger charge is 2.59. The predicted octanol–water partition coefficient (Wildman–Crippen LogP) is 7.16. The highest BCUT2D eigenvalue weighted by molar-refractivity contribution is 5.95. The maximum absolute atomic E-state index is 15.2. The van der Waals surface area contributed by atoms with E-state index < -0.39 is 17.5 Å². The summed E-state index contributed by atoms with van der Waals surface area (Å²) in [5.41, 5.74) is 11.5. The van der Waals surface area contributed by atoms with Gasteiger partial charge in [-0.05, 0) is 144 Å². The van der Waals surface area contributed by atoms with Crippen molar-refractivity contribution in [1.29, 1.82) is 0 Å². The van der Waals surface area contributed by atoms with Gasteiger partial charge in [0.25, 0.3) is 5.91 Å². The molecule has 2 aliphatic carbocycles. The Morgan fingerprint density at radius 3 is 2.54 bits per heavy atom. The quantitative estimate of drug-likeness (QED) is 0.160. The van der Waals surface area contributed by atoms with Crippen molar-refractivity contribution >= 4 is 46.4 Å². The number of aliphatic imine (C=N–C) groups is 1. The van der Waals surface area contributed by atoms with Crippen molar-refractivity contribution in [3.8, 4) is 11.1 Å². The van der Waals surface area contributed by atoms with E-state index in [0.29, 0.717) is 43.7 Å². The SMILES string of the molecule is CCn1c(C2=C([C@H](C)OC)N=CCC2)c2c3cc(ccc31)-c1cccc(c1)C[C@H](NC(=O)[C@H](C1CCCC1)N1CC[C@]3(CCN(C(=O)[C@H]4[C@@H](C5CC5)N4C)C3)C1)C(=O)N1CCC[C@H](N1)C(=O)OCC(C)(C)C2. The molecule has 0 radical (unpaired) electrons. The van der Waals surface area contributed by atoms with E-state index in [4.69, 9.17) is 14.5 Å². The van der Waals surface area contributed by atoms with E-state index in [1.165, 1.54) is 29.7 Å². The Morgan fingerprint density at radius 2 is 1.76 bits per heavy atom. The van der Waals surface area contributed by atoms with Crippen molar-refractivity contribution in [1.82, 2.24) is 35.0 Å². The number of amides is 3. The average molecular weight is 983 g/mol. The lowest BCUT2D eigenvalue weighted by molar-refractivity contribution is -0.155. The van der Waals surface area contributed by atoms with Gasteiger partial charge in [0.15, 0.2) is 0 Å². The van der Waals surface area contributed by atoms with Gasteiger partial charge < -0.3 is 24.3 Å². The molecule has 8 aliphatic rings. The zero-order valence-electron chi connectivity index (χ0n) is 43.7. The lowest BCUT2D eigenvalue weighted by atomic mass is 9.83. The molecule has 14 heteroatoms. The number of allylic oxidation sites excluding steroid dienone is 1. The highest BCUT2D eigenvalue weighted by Crippen LogP contribution is 2.49. The Balaban J connectivity index is 0.916. The van der Waals surface area contributed by atoms with Crippen molar-refractivity contribution < 1.29 is 28.7 Å². The van der Waals surface area contributed by atoms with Gasteiger partial charge in [0, 0.05) is 85.8 Å². The largest absolute Gasteiger partial charge is 0.464 e. The van der Waals surface area contributed by atoms with Crippen LogP contribution in [0.3, 0.4) is 0 Å². The first-order valence-electron chi connectivity index (χ1n) is 27.6. The molecule has 6 aliphatic heterocycles. The fourth-order valence-corrected chi connectivity index (χ4v) is 14.0. The number of hydrogen-bond acceptors (Lipinski definition) is 10. The zero-order valence-corrected chi connectivity index (χ0v) is 43.7. The van der Waals surface area contributed by atoms with E-state index >= 15 is 9.59 Å². The Labute approximate surface area is 426 Å². The number of aromatic nitrogens is 1. The minimum atomic E-state index is -0.881. The van der Waals surface area contributed by atoms with Gasteiger partial charge in [0.1, 0.15) is 18.1 Å². The summed E-state index contributed by atoms with van der Waals surface area (Å²) in [6.07, 6.45) is 14.1. The Hall–Kier alpha value is -4.89. The summed E-state index contributed by atoms with van der Waals surface area (Å²) in [6.45, 7) is 13.1. The fraction of sp³-hybridized carbons (Fsp3) is 0.638. The number of fused-ring (bicyclic) bond motifs is 6. The van der Waals surface area contributed by atoms with Gasteiger partial charge in [-0.3, -0.25) is 39.0 Å². The second-order valence-electron chi connectivity index (χ2n) is 23.8. The third-order valence-electron chi connectivity index (χ3n) is 18.1. The van der Waals surface area contributed by atoms with Crippen LogP contribution >= 0.6 is 0 Å². The molecule has 3 amide bonds. The molecule has 2 aromatic carbocycles. The van der Waals surface area contributed by atoms with Gasteiger partial charge in [-0.2, -0.15) is 0 Å². The van der Waals surface area contributed by atoms with Crippen LogP contribution in [-0.4, -0.2) is 144 Å². The van der Waals surface area contributed by atoms with Crippen molar-refractivity contribution in [3.63, 3.8) is 0 Å². The smallest absolute Gasteiger partial charge is 0.324 e. The molecule has 6 fully saturated rings. The first kappa shape index (κ1) is 49.3. The van der Waals surface area contributed by atoms with Gasteiger partial charge in [0.2, 0.25) is 11.8 Å². The standard InChI is InChI=1S/C58H78N8O6/c1-7-65-47-22-21-41-31-43(47)44(51(65)42-17-11-25-59-48(42)36(2)71-6)32-57(3,4)35-72-56(70)45-18-12-26-66(61-45)54(68)46(30-37-13-10-16-40(41)29-37)60-53(67)50(38-14-8-9-15-38)63-27-23-58(33-63)24-28-64(34-58)55(69)52-49(62(52)5)39-19-20-39/h10,13,16,21-22,25,29,31,36,38-39,45-46,49-50,52,61H,7-9,11-12,14-15,17-20,23-24,26-28,30,32-35H2,1-6H3,(H,60,67)/t36-,45-,46-,49+,50-,52+,58-,62?/m0/s1. The molecule has 7 heterocycles. The van der Waals surface area contributed by atoms with Crippen LogP contribution in [0.1, 0.15) is 122 Å². The van der Waals surface area contributed by atoms with Crippen LogP contribution in [0.2, 0.25) is 0 Å². The van der Waals surface area contributed by atoms with Crippen molar-refractivity contribution in [2.45, 2.75) is 160 Å². The van der Waals surface area contributed by atoms with Crippen LogP contribution in [-0.2, 0) is 48.0 Å². The van der Waals surface area contributed by atoms with Crippen LogP contribution in [0.4, 0.5) is 0 Å². The molecule has 2 saturated carbocycles. The lowest BCUT2D eigenvalue weighted by Gasteiger charge is -2.37. The van der Waals surface area contributed by atoms with Crippen LogP contribution in [0.5, 0.6) is 0 Å². The molecule has 72 heavy (non-hydrogen) atoms. The van der Waals surface area contributed by atoms with Crippen LogP contribution < -0.4 is 10.7 Å². The minimum absolute atomic E-state index is 0.0280. The van der Waals surface area contributed by atoms with Crippen LogP contribution in [0.25, 0.3) is 27.6 Å². The monoisotopic (exact) mass is 983 g/mol. The minimum Gasteiger partial charge on any atom is -0.464 e. The number of likely N-dealkylation sites (tertiary alicyclic amines) is 2. The summed E-state index contributed by atoms with van der Waals surface area (Å²) >= 11 is 0. The van der Waals surface area contributed by atoms with Crippen molar-refractivity contribution in [2.75, 3.05) is 53.5 Å². The third kappa shape index (κ3) is 9.47. The summed E-state index contributed by atoms with van der Waals surface area (Å²) in [7, 11) is 3.84. The number of hydrogen-bond donors (Lipinski definition) is 2. The average Bonchev–Trinajstić information content (AvgIpc) is 4.04. The van der Waals surface area contributed by atoms with Gasteiger partial charge in [-0.1, -0.05) is 57.0 Å². The maximum atomic E-state index is 15.2. The van der Waals surface area contributed by atoms with E-state index in [9.17, 15) is 9.59 Å². The molecule has 1 unspecified atom stereocenters. The number of ether oxygens (including phenoxy) is 2. The lowest BCUT2D eigenvalue weighted by Crippen LogP contribution is -2.62. The van der Waals surface area contributed by atoms with Gasteiger partial charge in [-0.25, -0.2) is 5.43 Å². The number of methoxy groups -OCH3 is 1. The Morgan fingerprint density at radius 1 is 0.972 bits per heavy atom. The van der Waals surface area contributed by atoms with Crippen molar-refractivity contribution in [3.05, 3.63) is 65.0 Å². The molecule has 3 aromatic rings. The molecular formula is C58H78N8O6. The fourth-order valence-electron chi connectivity index (χ4n) is 14.0. The predicted molar refractivity (Wildman–Crippen MR) is 280 cm³/mol. The number of aryl methyl sites for hydroxylation is 1.